The third-order valence-electron chi connectivity index (χ3n) is 2.78. The van der Waals surface area contributed by atoms with Crippen molar-refractivity contribution in [3.8, 4) is 0 Å². The van der Waals surface area contributed by atoms with Gasteiger partial charge in [0.15, 0.2) is 0 Å². The first-order chi connectivity index (χ1) is 8.54. The van der Waals surface area contributed by atoms with E-state index in [-0.39, 0.29) is 17.9 Å². The lowest BCUT2D eigenvalue weighted by atomic mass is 10.1. The molecule has 1 aromatic rings. The fourth-order valence-electron chi connectivity index (χ4n) is 1.79. The molecule has 0 aliphatic carbocycles. The third kappa shape index (κ3) is 4.31. The summed E-state index contributed by atoms with van der Waals surface area (Å²) in [5, 5.41) is 2.82. The molecule has 0 aromatic carbocycles. The van der Waals surface area contributed by atoms with Gasteiger partial charge in [-0.05, 0) is 20.3 Å². The van der Waals surface area contributed by atoms with E-state index in [0.717, 1.165) is 19.3 Å². The number of H-pyrrole nitrogens is 1. The Balaban J connectivity index is 2.57. The zero-order valence-corrected chi connectivity index (χ0v) is 11.3. The highest BCUT2D eigenvalue weighted by Gasteiger charge is 2.11. The molecule has 1 amide bonds. The van der Waals surface area contributed by atoms with Gasteiger partial charge in [-0.25, -0.2) is 4.98 Å². The number of unbranched alkanes of at least 4 members (excludes halogenated alkanes) is 2. The summed E-state index contributed by atoms with van der Waals surface area (Å²) in [6.45, 7) is 6.26. The number of rotatable bonds is 6. The maximum Gasteiger partial charge on any atom is 0.254 e. The van der Waals surface area contributed by atoms with Gasteiger partial charge in [-0.15, -0.1) is 0 Å². The number of aromatic amines is 1. The van der Waals surface area contributed by atoms with Crippen LogP contribution in [-0.2, 0) is 11.2 Å². The molecular weight excluding hydrogens is 230 g/mol. The summed E-state index contributed by atoms with van der Waals surface area (Å²) in [4.78, 5) is 30.1. The largest absolute Gasteiger partial charge is 0.356 e. The van der Waals surface area contributed by atoms with Crippen LogP contribution in [0.3, 0.4) is 0 Å². The van der Waals surface area contributed by atoms with Crippen LogP contribution in [0.15, 0.2) is 4.79 Å². The lowest BCUT2D eigenvalue weighted by Crippen LogP contribution is -2.29. The van der Waals surface area contributed by atoms with Gasteiger partial charge >= 0.3 is 0 Å². The Kier molecular flexibility index (Phi) is 5.55. The number of hydrogen-bond acceptors (Lipinski definition) is 3. The van der Waals surface area contributed by atoms with Crippen LogP contribution < -0.4 is 10.9 Å². The zero-order valence-electron chi connectivity index (χ0n) is 11.3. The summed E-state index contributed by atoms with van der Waals surface area (Å²) >= 11 is 0. The van der Waals surface area contributed by atoms with Gasteiger partial charge in [-0.1, -0.05) is 19.8 Å². The number of nitrogens with one attached hydrogen (secondary N) is 2. The third-order valence-corrected chi connectivity index (χ3v) is 2.78. The maximum absolute atomic E-state index is 11.7. The quantitative estimate of drug-likeness (QED) is 0.747. The van der Waals surface area contributed by atoms with Crippen LogP contribution in [0, 0.1) is 13.8 Å². The first kappa shape index (κ1) is 14.4. The molecule has 18 heavy (non-hydrogen) atoms. The van der Waals surface area contributed by atoms with Crippen molar-refractivity contribution in [2.75, 3.05) is 6.54 Å². The van der Waals surface area contributed by atoms with Crippen LogP contribution in [0.2, 0.25) is 0 Å². The van der Waals surface area contributed by atoms with E-state index in [1.165, 1.54) is 0 Å². The van der Waals surface area contributed by atoms with Gasteiger partial charge in [0, 0.05) is 17.8 Å². The summed E-state index contributed by atoms with van der Waals surface area (Å²) in [5.41, 5.74) is 0.859. The molecule has 5 nitrogen and oxygen atoms in total. The number of carbonyl (C=O) groups excluding carboxylic acids is 1. The topological polar surface area (TPSA) is 74.8 Å². The molecule has 0 aliphatic rings. The van der Waals surface area contributed by atoms with Gasteiger partial charge in [-0.2, -0.15) is 0 Å². The van der Waals surface area contributed by atoms with Crippen LogP contribution in [0.1, 0.15) is 43.3 Å². The molecule has 0 aliphatic heterocycles. The molecule has 0 atom stereocenters. The predicted octanol–water partition coefficient (Wildman–Crippen LogP) is 1.24. The van der Waals surface area contributed by atoms with Crippen molar-refractivity contribution in [2.45, 2.75) is 46.5 Å². The Morgan fingerprint density at radius 2 is 2.06 bits per heavy atom. The SMILES string of the molecule is CCCCCNC(=O)Cc1c(C)nc(C)[nH]c1=O. The second kappa shape index (κ2) is 6.93. The molecule has 1 rings (SSSR count). The highest BCUT2D eigenvalue weighted by molar-refractivity contribution is 5.78. The van der Waals surface area contributed by atoms with E-state index in [0.29, 0.717) is 23.6 Å². The predicted molar refractivity (Wildman–Crippen MR) is 70.6 cm³/mol. The maximum atomic E-state index is 11.7. The minimum Gasteiger partial charge on any atom is -0.356 e. The van der Waals surface area contributed by atoms with Crippen molar-refractivity contribution >= 4 is 5.91 Å². The molecule has 0 saturated heterocycles. The lowest BCUT2D eigenvalue weighted by molar-refractivity contribution is -0.120. The van der Waals surface area contributed by atoms with Gasteiger partial charge in [0.05, 0.1) is 6.42 Å². The molecule has 2 N–H and O–H groups in total. The van der Waals surface area contributed by atoms with Crippen molar-refractivity contribution in [2.24, 2.45) is 0 Å². The molecule has 100 valence electrons. The van der Waals surface area contributed by atoms with Gasteiger partial charge in [0.2, 0.25) is 5.91 Å². The van der Waals surface area contributed by atoms with Crippen molar-refractivity contribution < 1.29 is 4.79 Å². The molecular formula is C13H21N3O2. The molecule has 0 radical (unpaired) electrons. The Labute approximate surface area is 107 Å². The van der Waals surface area contributed by atoms with Crippen LogP contribution in [0.25, 0.3) is 0 Å². The molecule has 0 saturated carbocycles. The Hall–Kier alpha value is -1.65. The molecule has 1 aromatic heterocycles. The number of aromatic nitrogens is 2. The molecule has 0 fully saturated rings. The van der Waals surface area contributed by atoms with E-state index in [1.54, 1.807) is 13.8 Å². The zero-order chi connectivity index (χ0) is 13.5. The Bertz CT molecular complexity index is 466. The summed E-state index contributed by atoms with van der Waals surface area (Å²) < 4.78 is 0. The average Bonchev–Trinajstić information content (AvgIpc) is 2.29. The minimum absolute atomic E-state index is 0.0978. The normalized spacial score (nSPS) is 10.4. The highest BCUT2D eigenvalue weighted by atomic mass is 16.2. The second-order valence-electron chi connectivity index (χ2n) is 4.45. The van der Waals surface area contributed by atoms with Crippen molar-refractivity contribution in [3.63, 3.8) is 0 Å². The molecule has 5 heteroatoms. The van der Waals surface area contributed by atoms with Gasteiger partial charge in [0.1, 0.15) is 5.82 Å². The summed E-state index contributed by atoms with van der Waals surface area (Å²) in [7, 11) is 0. The lowest BCUT2D eigenvalue weighted by Gasteiger charge is -2.06. The molecule has 0 unspecified atom stereocenters. The monoisotopic (exact) mass is 251 g/mol. The van der Waals surface area contributed by atoms with Gasteiger partial charge in [-0.3, -0.25) is 9.59 Å². The van der Waals surface area contributed by atoms with Gasteiger partial charge < -0.3 is 10.3 Å². The number of carbonyl (C=O) groups is 1. The van der Waals surface area contributed by atoms with Crippen molar-refractivity contribution in [3.05, 3.63) is 27.4 Å². The van der Waals surface area contributed by atoms with E-state index in [2.05, 4.69) is 22.2 Å². The van der Waals surface area contributed by atoms with Crippen molar-refractivity contribution in [1.29, 1.82) is 0 Å². The van der Waals surface area contributed by atoms with E-state index in [4.69, 9.17) is 0 Å². The average molecular weight is 251 g/mol. The summed E-state index contributed by atoms with van der Waals surface area (Å²) in [6.07, 6.45) is 3.30. The first-order valence-electron chi connectivity index (χ1n) is 6.37. The van der Waals surface area contributed by atoms with E-state index in [9.17, 15) is 9.59 Å². The van der Waals surface area contributed by atoms with E-state index >= 15 is 0 Å². The fraction of sp³-hybridized carbons (Fsp3) is 0.615. The second-order valence-corrected chi connectivity index (χ2v) is 4.45. The smallest absolute Gasteiger partial charge is 0.254 e. The van der Waals surface area contributed by atoms with Gasteiger partial charge in [0.25, 0.3) is 5.56 Å². The van der Waals surface area contributed by atoms with Crippen LogP contribution in [-0.4, -0.2) is 22.4 Å². The molecule has 0 bridgehead atoms. The highest BCUT2D eigenvalue weighted by Crippen LogP contribution is 2.00. The van der Waals surface area contributed by atoms with Crippen LogP contribution >= 0.6 is 0 Å². The van der Waals surface area contributed by atoms with Crippen LogP contribution in [0.4, 0.5) is 0 Å². The standard InChI is InChI=1S/C13H21N3O2/c1-4-5-6-7-14-12(17)8-11-9(2)15-10(3)16-13(11)18/h4-8H2,1-3H3,(H,14,17)(H,15,16,18). The first-order valence-corrected chi connectivity index (χ1v) is 6.37. The minimum atomic E-state index is -0.219. The molecule has 1 heterocycles. The number of hydrogen-bond donors (Lipinski definition) is 2. The number of amides is 1. The number of aryl methyl sites for hydroxylation is 2. The van der Waals surface area contributed by atoms with E-state index in [1.807, 2.05) is 0 Å². The molecule has 0 spiro atoms. The van der Waals surface area contributed by atoms with Crippen molar-refractivity contribution in [1.82, 2.24) is 15.3 Å². The summed E-state index contributed by atoms with van der Waals surface area (Å²) in [6, 6.07) is 0. The van der Waals surface area contributed by atoms with E-state index < -0.39 is 0 Å². The fourth-order valence-corrected chi connectivity index (χ4v) is 1.79. The number of nitrogens with zero attached hydrogens (tertiary/aromatic N) is 1. The Morgan fingerprint density at radius 1 is 1.33 bits per heavy atom. The summed E-state index contributed by atoms with van der Waals surface area (Å²) in [5.74, 6) is 0.454. The Morgan fingerprint density at radius 3 is 2.67 bits per heavy atom. The van der Waals surface area contributed by atoms with Crippen LogP contribution in [0.5, 0.6) is 0 Å².